The van der Waals surface area contributed by atoms with Crippen LogP contribution in [0, 0.1) is 5.92 Å². The molecule has 0 fully saturated rings. The van der Waals surface area contributed by atoms with E-state index in [-0.39, 0.29) is 5.41 Å². The highest BCUT2D eigenvalue weighted by Gasteiger charge is 2.44. The zero-order chi connectivity index (χ0) is 31.3. The summed E-state index contributed by atoms with van der Waals surface area (Å²) in [6.45, 7) is 4.84. The molecular weight excluding hydrogens is 565 g/mol. The highest BCUT2D eigenvalue weighted by molar-refractivity contribution is 6.27. The first-order chi connectivity index (χ1) is 23.1. The third-order valence-electron chi connectivity index (χ3n) is 11.3. The molecule has 8 aromatic rings. The van der Waals surface area contributed by atoms with Crippen LogP contribution >= 0.6 is 0 Å². The summed E-state index contributed by atoms with van der Waals surface area (Å²) in [5.41, 5.74) is 10.7. The Hall–Kier alpha value is -5.46. The summed E-state index contributed by atoms with van der Waals surface area (Å²) < 4.78 is 0. The summed E-state index contributed by atoms with van der Waals surface area (Å²) in [5.74, 6) is 0.985. The van der Waals surface area contributed by atoms with Gasteiger partial charge in [0.2, 0.25) is 0 Å². The summed E-state index contributed by atoms with van der Waals surface area (Å²) in [7, 11) is 0. The Morgan fingerprint density at radius 2 is 1.02 bits per heavy atom. The molecule has 0 aliphatic heterocycles. The number of fused-ring (bicyclic) bond motifs is 4. The van der Waals surface area contributed by atoms with Crippen LogP contribution in [0.4, 0.5) is 0 Å². The molecule has 0 saturated carbocycles. The zero-order valence-electron chi connectivity index (χ0n) is 26.7. The maximum Gasteiger partial charge on any atom is 0.00953 e. The van der Waals surface area contributed by atoms with Gasteiger partial charge in [0.15, 0.2) is 0 Å². The van der Waals surface area contributed by atoms with Crippen LogP contribution < -0.4 is 0 Å². The molecular formula is C47H34. The lowest BCUT2D eigenvalue weighted by Gasteiger charge is -2.29. The van der Waals surface area contributed by atoms with Crippen LogP contribution in [0.1, 0.15) is 30.9 Å². The van der Waals surface area contributed by atoms with E-state index >= 15 is 0 Å². The molecule has 0 heterocycles. The molecule has 2 unspecified atom stereocenters. The maximum absolute atomic E-state index is 2.49. The van der Waals surface area contributed by atoms with Gasteiger partial charge in [0.1, 0.15) is 0 Å². The van der Waals surface area contributed by atoms with Gasteiger partial charge in [-0.05, 0) is 98.9 Å². The fourth-order valence-electron chi connectivity index (χ4n) is 8.96. The van der Waals surface area contributed by atoms with Crippen molar-refractivity contribution in [1.82, 2.24) is 0 Å². The van der Waals surface area contributed by atoms with E-state index in [4.69, 9.17) is 0 Å². The fraction of sp³-hybridized carbons (Fsp3) is 0.106. The maximum atomic E-state index is 2.49. The normalized spacial score (nSPS) is 18.0. The van der Waals surface area contributed by atoms with E-state index in [1.807, 2.05) is 0 Å². The van der Waals surface area contributed by atoms with Crippen molar-refractivity contribution in [3.05, 3.63) is 169 Å². The standard InChI is InChI=1S/C47H34/c1-47(2)43-13-6-5-11-39(43)40-25-22-34(28-44(40)47)38-24-19-33-20-26-41-37(23-18-32-21-27-42(38)46(33)45(32)41)31-16-14-30(15-17-31)36-12-7-9-29-8-3-4-10-35(29)36/h3-28,39,43H,1-2H3. The lowest BCUT2D eigenvalue weighted by molar-refractivity contribution is 0.394. The Kier molecular flexibility index (Phi) is 5.56. The van der Waals surface area contributed by atoms with Crippen LogP contribution in [-0.2, 0) is 5.41 Å². The Bertz CT molecular complexity index is 2590. The monoisotopic (exact) mass is 598 g/mol. The lowest BCUT2D eigenvalue weighted by atomic mass is 9.74. The van der Waals surface area contributed by atoms with Crippen molar-refractivity contribution in [2.24, 2.45) is 5.92 Å². The van der Waals surface area contributed by atoms with Gasteiger partial charge < -0.3 is 0 Å². The van der Waals surface area contributed by atoms with Gasteiger partial charge in [0.25, 0.3) is 0 Å². The smallest absolute Gasteiger partial charge is 0.00953 e. The Morgan fingerprint density at radius 3 is 1.74 bits per heavy atom. The van der Waals surface area contributed by atoms with Gasteiger partial charge in [-0.2, -0.15) is 0 Å². The average molecular weight is 599 g/mol. The summed E-state index contributed by atoms with van der Waals surface area (Å²) >= 11 is 0. The molecule has 0 aromatic heterocycles. The number of allylic oxidation sites excluding steroid dienone is 4. The van der Waals surface area contributed by atoms with Crippen LogP contribution in [0.2, 0.25) is 0 Å². The van der Waals surface area contributed by atoms with Crippen molar-refractivity contribution < 1.29 is 0 Å². The van der Waals surface area contributed by atoms with Gasteiger partial charge in [-0.25, -0.2) is 0 Å². The highest BCUT2D eigenvalue weighted by Crippen LogP contribution is 2.54. The minimum absolute atomic E-state index is 0.0963. The molecule has 0 N–H and O–H groups in total. The number of hydrogen-bond acceptors (Lipinski definition) is 0. The second kappa shape index (κ2) is 9.77. The molecule has 222 valence electrons. The van der Waals surface area contributed by atoms with Gasteiger partial charge in [0.05, 0.1) is 0 Å². The van der Waals surface area contributed by atoms with E-state index in [1.54, 1.807) is 0 Å². The molecule has 10 rings (SSSR count). The van der Waals surface area contributed by atoms with Gasteiger partial charge in [0, 0.05) is 5.92 Å². The molecule has 0 spiro atoms. The molecule has 47 heavy (non-hydrogen) atoms. The minimum Gasteiger partial charge on any atom is -0.0796 e. The molecule has 0 bridgehead atoms. The molecule has 0 nitrogen and oxygen atoms in total. The molecule has 8 aromatic carbocycles. The van der Waals surface area contributed by atoms with E-state index < -0.39 is 0 Å². The first kappa shape index (κ1) is 26.7. The van der Waals surface area contributed by atoms with Gasteiger partial charge in [-0.3, -0.25) is 0 Å². The van der Waals surface area contributed by atoms with Gasteiger partial charge in [-0.15, -0.1) is 0 Å². The molecule has 2 atom stereocenters. The SMILES string of the molecule is CC1(C)c2cc(-c3ccc4ccc5c(-c6ccc(-c7cccc8ccccc78)cc6)ccc6ccc3c4c65)ccc2C2C=CC=CC21. The van der Waals surface area contributed by atoms with Crippen molar-refractivity contribution in [2.45, 2.75) is 25.2 Å². The Labute approximate surface area is 275 Å². The molecule has 0 heteroatoms. The largest absolute Gasteiger partial charge is 0.0796 e. The van der Waals surface area contributed by atoms with Crippen molar-refractivity contribution in [2.75, 3.05) is 0 Å². The van der Waals surface area contributed by atoms with E-state index in [0.717, 1.165) is 0 Å². The minimum atomic E-state index is 0.0963. The van der Waals surface area contributed by atoms with Crippen molar-refractivity contribution in [1.29, 1.82) is 0 Å². The molecule has 2 aliphatic carbocycles. The molecule has 0 amide bonds. The predicted octanol–water partition coefficient (Wildman–Crippen LogP) is 12.9. The van der Waals surface area contributed by atoms with Crippen LogP contribution in [0.3, 0.4) is 0 Å². The van der Waals surface area contributed by atoms with Crippen LogP contribution in [-0.4, -0.2) is 0 Å². The van der Waals surface area contributed by atoms with E-state index in [2.05, 4.69) is 172 Å². The number of rotatable bonds is 3. The fourth-order valence-corrected chi connectivity index (χ4v) is 8.96. The van der Waals surface area contributed by atoms with Gasteiger partial charge >= 0.3 is 0 Å². The number of benzene rings is 8. The third kappa shape index (κ3) is 3.82. The molecule has 2 aliphatic rings. The summed E-state index contributed by atoms with van der Waals surface area (Å²) in [6, 6.07) is 50.2. The zero-order valence-corrected chi connectivity index (χ0v) is 26.7. The van der Waals surface area contributed by atoms with Crippen LogP contribution in [0.25, 0.3) is 76.5 Å². The van der Waals surface area contributed by atoms with Gasteiger partial charge in [-0.1, -0.05) is 172 Å². The van der Waals surface area contributed by atoms with E-state index in [0.29, 0.717) is 11.8 Å². The summed E-state index contributed by atoms with van der Waals surface area (Å²) in [6.07, 6.45) is 9.25. The van der Waals surface area contributed by atoms with Crippen LogP contribution in [0.15, 0.2) is 158 Å². The molecule has 0 saturated heterocycles. The van der Waals surface area contributed by atoms with E-state index in [9.17, 15) is 0 Å². The molecule has 0 radical (unpaired) electrons. The average Bonchev–Trinajstić information content (AvgIpc) is 3.36. The first-order valence-electron chi connectivity index (χ1n) is 16.9. The highest BCUT2D eigenvalue weighted by atomic mass is 14.5. The van der Waals surface area contributed by atoms with Crippen molar-refractivity contribution >= 4 is 43.1 Å². The topological polar surface area (TPSA) is 0 Å². The summed E-state index contributed by atoms with van der Waals surface area (Å²) in [4.78, 5) is 0. The van der Waals surface area contributed by atoms with Crippen LogP contribution in [0.5, 0.6) is 0 Å². The predicted molar refractivity (Wildman–Crippen MR) is 201 cm³/mol. The quantitative estimate of drug-likeness (QED) is 0.178. The summed E-state index contributed by atoms with van der Waals surface area (Å²) in [5, 5.41) is 10.5. The second-order valence-corrected chi connectivity index (χ2v) is 14.1. The first-order valence-corrected chi connectivity index (χ1v) is 16.9. The lowest BCUT2D eigenvalue weighted by Crippen LogP contribution is -2.24. The number of hydrogen-bond donors (Lipinski definition) is 0. The third-order valence-corrected chi connectivity index (χ3v) is 11.3. The van der Waals surface area contributed by atoms with Crippen molar-refractivity contribution in [3.63, 3.8) is 0 Å². The van der Waals surface area contributed by atoms with Crippen molar-refractivity contribution in [3.8, 4) is 33.4 Å². The van der Waals surface area contributed by atoms with E-state index in [1.165, 1.54) is 87.6 Å². The second-order valence-electron chi connectivity index (χ2n) is 14.1. The Balaban J connectivity index is 1.11. The Morgan fingerprint density at radius 1 is 0.447 bits per heavy atom.